The molecule has 4 rings (SSSR count). The lowest BCUT2D eigenvalue weighted by Crippen LogP contribution is -2.26. The molecule has 2 amide bonds. The van der Waals surface area contributed by atoms with Gasteiger partial charge >= 0.3 is 0 Å². The zero-order valence-corrected chi connectivity index (χ0v) is 13.9. The van der Waals surface area contributed by atoms with E-state index in [2.05, 4.69) is 20.6 Å². The number of aromatic nitrogens is 2. The van der Waals surface area contributed by atoms with E-state index in [9.17, 15) is 9.59 Å². The fraction of sp³-hybridized carbons (Fsp3) is 0.368. The van der Waals surface area contributed by atoms with Crippen molar-refractivity contribution < 1.29 is 9.59 Å². The van der Waals surface area contributed by atoms with Gasteiger partial charge in [-0.05, 0) is 61.8 Å². The maximum absolute atomic E-state index is 12.6. The Labute approximate surface area is 146 Å². The highest BCUT2D eigenvalue weighted by molar-refractivity contribution is 6.06. The Morgan fingerprint density at radius 1 is 1.08 bits per heavy atom. The summed E-state index contributed by atoms with van der Waals surface area (Å²) >= 11 is 0. The highest BCUT2D eigenvalue weighted by atomic mass is 16.2. The summed E-state index contributed by atoms with van der Waals surface area (Å²) in [5.74, 6) is -0.473. The van der Waals surface area contributed by atoms with Crippen LogP contribution in [0.1, 0.15) is 57.7 Å². The van der Waals surface area contributed by atoms with Gasteiger partial charge in [0.05, 0.1) is 11.9 Å². The van der Waals surface area contributed by atoms with Gasteiger partial charge in [0.1, 0.15) is 5.69 Å². The average molecular weight is 336 g/mol. The van der Waals surface area contributed by atoms with Crippen molar-refractivity contribution in [1.29, 1.82) is 0 Å². The van der Waals surface area contributed by atoms with E-state index >= 15 is 0 Å². The molecule has 0 atom stereocenters. The first-order valence-corrected chi connectivity index (χ1v) is 8.75. The average Bonchev–Trinajstić information content (AvgIpc) is 3.46. The standard InChI is InChI=1S/C19H20N4O2/c24-18(23-17-11-20-10-13-3-1-2-4-15(13)17)12-7-8-21-16(9-12)19(25)22-14-5-6-14/h7-11,14H,1-6H2,(H,22,25)(H,23,24). The minimum atomic E-state index is -0.247. The molecule has 2 N–H and O–H groups in total. The number of amides is 2. The molecular formula is C19H20N4O2. The van der Waals surface area contributed by atoms with E-state index in [0.717, 1.165) is 44.2 Å². The molecule has 6 nitrogen and oxygen atoms in total. The molecule has 1 saturated carbocycles. The van der Waals surface area contributed by atoms with Crippen molar-refractivity contribution in [2.45, 2.75) is 44.6 Å². The van der Waals surface area contributed by atoms with Crippen molar-refractivity contribution in [3.63, 3.8) is 0 Å². The molecule has 0 aliphatic heterocycles. The van der Waals surface area contributed by atoms with Crippen LogP contribution < -0.4 is 10.6 Å². The number of hydrogen-bond donors (Lipinski definition) is 2. The van der Waals surface area contributed by atoms with Crippen LogP contribution in [0.2, 0.25) is 0 Å². The lowest BCUT2D eigenvalue weighted by Gasteiger charge is -2.19. The zero-order chi connectivity index (χ0) is 17.2. The number of anilines is 1. The monoisotopic (exact) mass is 336 g/mol. The molecule has 0 radical (unpaired) electrons. The summed E-state index contributed by atoms with van der Waals surface area (Å²) in [5.41, 5.74) is 3.85. The third-order valence-electron chi connectivity index (χ3n) is 4.69. The Balaban J connectivity index is 1.52. The fourth-order valence-corrected chi connectivity index (χ4v) is 3.14. The summed E-state index contributed by atoms with van der Waals surface area (Å²) in [6, 6.07) is 3.41. The van der Waals surface area contributed by atoms with Crippen LogP contribution in [0.3, 0.4) is 0 Å². The summed E-state index contributed by atoms with van der Waals surface area (Å²) in [4.78, 5) is 33.0. The van der Waals surface area contributed by atoms with Gasteiger partial charge in [0.15, 0.2) is 0 Å². The maximum Gasteiger partial charge on any atom is 0.270 e. The molecule has 0 saturated heterocycles. The SMILES string of the molecule is O=C(Nc1cncc2c1CCCC2)c1ccnc(C(=O)NC2CC2)c1. The minimum Gasteiger partial charge on any atom is -0.348 e. The van der Waals surface area contributed by atoms with Crippen LogP contribution >= 0.6 is 0 Å². The Bertz CT molecular complexity index is 830. The predicted octanol–water partition coefficient (Wildman–Crippen LogP) is 2.50. The van der Waals surface area contributed by atoms with Gasteiger partial charge in [-0.15, -0.1) is 0 Å². The molecule has 2 aliphatic carbocycles. The van der Waals surface area contributed by atoms with Crippen LogP contribution in [0.5, 0.6) is 0 Å². The number of aryl methyl sites for hydroxylation is 1. The van der Waals surface area contributed by atoms with Gasteiger partial charge in [0.25, 0.3) is 11.8 Å². The lowest BCUT2D eigenvalue weighted by molar-refractivity contribution is 0.0946. The van der Waals surface area contributed by atoms with Crippen LogP contribution in [0, 0.1) is 0 Å². The Kier molecular flexibility index (Phi) is 4.17. The molecule has 0 spiro atoms. The number of fused-ring (bicyclic) bond motifs is 1. The van der Waals surface area contributed by atoms with Crippen molar-refractivity contribution in [3.8, 4) is 0 Å². The molecular weight excluding hydrogens is 316 g/mol. The van der Waals surface area contributed by atoms with Crippen LogP contribution in [0.15, 0.2) is 30.7 Å². The second kappa shape index (κ2) is 6.63. The molecule has 2 heterocycles. The summed E-state index contributed by atoms with van der Waals surface area (Å²) in [6.45, 7) is 0. The largest absolute Gasteiger partial charge is 0.348 e. The first-order valence-electron chi connectivity index (χ1n) is 8.75. The van der Waals surface area contributed by atoms with Gasteiger partial charge in [-0.2, -0.15) is 0 Å². The molecule has 2 aromatic rings. The Morgan fingerprint density at radius 3 is 2.76 bits per heavy atom. The van der Waals surface area contributed by atoms with Gasteiger partial charge < -0.3 is 10.6 Å². The number of nitrogens with zero attached hydrogens (tertiary/aromatic N) is 2. The number of pyridine rings is 2. The molecule has 0 unspecified atom stereocenters. The van der Waals surface area contributed by atoms with E-state index < -0.39 is 0 Å². The second-order valence-electron chi connectivity index (χ2n) is 6.66. The quantitative estimate of drug-likeness (QED) is 0.898. The summed E-state index contributed by atoms with van der Waals surface area (Å²) in [5, 5.41) is 5.83. The molecule has 6 heteroatoms. The summed E-state index contributed by atoms with van der Waals surface area (Å²) in [7, 11) is 0. The van der Waals surface area contributed by atoms with E-state index in [1.807, 2.05) is 6.20 Å². The number of carbonyl (C=O) groups is 2. The van der Waals surface area contributed by atoms with Crippen LogP contribution in [-0.2, 0) is 12.8 Å². The van der Waals surface area contributed by atoms with Crippen LogP contribution in [-0.4, -0.2) is 27.8 Å². The van der Waals surface area contributed by atoms with Crippen LogP contribution in [0.4, 0.5) is 5.69 Å². The van der Waals surface area contributed by atoms with Crippen molar-refractivity contribution in [2.24, 2.45) is 0 Å². The smallest absolute Gasteiger partial charge is 0.270 e. The Morgan fingerprint density at radius 2 is 1.92 bits per heavy atom. The topological polar surface area (TPSA) is 84.0 Å². The summed E-state index contributed by atoms with van der Waals surface area (Å²) < 4.78 is 0. The number of carbonyl (C=O) groups excluding carboxylic acids is 2. The molecule has 0 bridgehead atoms. The summed E-state index contributed by atoms with van der Waals surface area (Å²) in [6.07, 6.45) is 11.4. The van der Waals surface area contributed by atoms with Crippen molar-refractivity contribution in [3.05, 3.63) is 53.1 Å². The molecule has 0 aromatic carbocycles. The van der Waals surface area contributed by atoms with Gasteiger partial charge in [0, 0.05) is 24.0 Å². The Hall–Kier alpha value is -2.76. The zero-order valence-electron chi connectivity index (χ0n) is 13.9. The fourth-order valence-electron chi connectivity index (χ4n) is 3.14. The van der Waals surface area contributed by atoms with E-state index in [-0.39, 0.29) is 23.6 Å². The van der Waals surface area contributed by atoms with E-state index in [4.69, 9.17) is 0 Å². The minimum absolute atomic E-state index is 0.226. The highest BCUT2D eigenvalue weighted by Crippen LogP contribution is 2.27. The lowest BCUT2D eigenvalue weighted by atomic mass is 9.92. The molecule has 2 aromatic heterocycles. The van der Waals surface area contributed by atoms with E-state index in [1.54, 1.807) is 12.3 Å². The molecule has 128 valence electrons. The van der Waals surface area contributed by atoms with Gasteiger partial charge in [-0.3, -0.25) is 19.6 Å². The molecule has 2 aliphatic rings. The third kappa shape index (κ3) is 3.52. The highest BCUT2D eigenvalue weighted by Gasteiger charge is 2.24. The van der Waals surface area contributed by atoms with Gasteiger partial charge in [-0.1, -0.05) is 0 Å². The second-order valence-corrected chi connectivity index (χ2v) is 6.66. The van der Waals surface area contributed by atoms with E-state index in [1.165, 1.54) is 23.4 Å². The van der Waals surface area contributed by atoms with Gasteiger partial charge in [-0.25, -0.2) is 0 Å². The van der Waals surface area contributed by atoms with Crippen molar-refractivity contribution in [2.75, 3.05) is 5.32 Å². The number of hydrogen-bond acceptors (Lipinski definition) is 4. The predicted molar refractivity (Wildman–Crippen MR) is 93.6 cm³/mol. The normalized spacial score (nSPS) is 16.0. The van der Waals surface area contributed by atoms with Crippen molar-refractivity contribution in [1.82, 2.24) is 15.3 Å². The van der Waals surface area contributed by atoms with E-state index in [0.29, 0.717) is 5.56 Å². The van der Waals surface area contributed by atoms with Gasteiger partial charge in [0.2, 0.25) is 0 Å². The number of rotatable bonds is 4. The first-order chi connectivity index (χ1) is 12.2. The first kappa shape index (κ1) is 15.7. The van der Waals surface area contributed by atoms with Crippen LogP contribution in [0.25, 0.3) is 0 Å². The number of nitrogens with one attached hydrogen (secondary N) is 2. The maximum atomic E-state index is 12.6. The molecule has 1 fully saturated rings. The van der Waals surface area contributed by atoms with Crippen molar-refractivity contribution >= 4 is 17.5 Å². The molecule has 25 heavy (non-hydrogen) atoms. The third-order valence-corrected chi connectivity index (χ3v) is 4.69.